The minimum Gasteiger partial charge on any atom is -0.379 e. The Morgan fingerprint density at radius 3 is 2.63 bits per heavy atom. The molecule has 1 saturated carbocycles. The third-order valence-corrected chi connectivity index (χ3v) is 5.31. The van der Waals surface area contributed by atoms with Crippen molar-refractivity contribution in [2.45, 2.75) is 56.4 Å². The first kappa shape index (κ1) is 15.1. The summed E-state index contributed by atoms with van der Waals surface area (Å²) in [6, 6.07) is 11.0. The molecule has 3 unspecified atom stereocenters. The van der Waals surface area contributed by atoms with Gasteiger partial charge >= 0.3 is 0 Å². The summed E-state index contributed by atoms with van der Waals surface area (Å²) in [7, 11) is 0. The van der Waals surface area contributed by atoms with Crippen LogP contribution in [0.5, 0.6) is 0 Å². The molecule has 1 aliphatic rings. The standard InChI is InChI=1S/C17H25BrO/c1-13(2)19-11-10-16-12-15(8-9-17(16)18)14-6-4-3-5-7-14/h3-7,13,15-17H,8-12H2,1-2H3. The molecule has 0 aliphatic heterocycles. The normalized spacial score (nSPS) is 27.7. The van der Waals surface area contributed by atoms with Crippen LogP contribution in [0, 0.1) is 5.92 Å². The van der Waals surface area contributed by atoms with Crippen molar-refractivity contribution in [1.29, 1.82) is 0 Å². The van der Waals surface area contributed by atoms with Crippen LogP contribution in [0.1, 0.15) is 51.0 Å². The van der Waals surface area contributed by atoms with E-state index < -0.39 is 0 Å². The smallest absolute Gasteiger partial charge is 0.0518 e. The molecule has 1 aromatic carbocycles. The van der Waals surface area contributed by atoms with E-state index in [1.54, 1.807) is 0 Å². The molecule has 0 bridgehead atoms. The molecule has 0 saturated heterocycles. The van der Waals surface area contributed by atoms with E-state index in [0.29, 0.717) is 10.9 Å². The van der Waals surface area contributed by atoms with Crippen LogP contribution in [-0.4, -0.2) is 17.5 Å². The van der Waals surface area contributed by atoms with Gasteiger partial charge in [-0.1, -0.05) is 46.3 Å². The lowest BCUT2D eigenvalue weighted by Gasteiger charge is -2.33. The summed E-state index contributed by atoms with van der Waals surface area (Å²) in [6.45, 7) is 5.12. The van der Waals surface area contributed by atoms with Crippen LogP contribution in [0.15, 0.2) is 30.3 Å². The van der Waals surface area contributed by atoms with Crippen molar-refractivity contribution >= 4 is 15.9 Å². The van der Waals surface area contributed by atoms with Gasteiger partial charge in [0.15, 0.2) is 0 Å². The Labute approximate surface area is 125 Å². The Morgan fingerprint density at radius 1 is 1.21 bits per heavy atom. The molecule has 0 aromatic heterocycles. The fraction of sp³-hybridized carbons (Fsp3) is 0.647. The molecule has 1 aliphatic carbocycles. The molecule has 2 rings (SSSR count). The molecule has 0 radical (unpaired) electrons. The third kappa shape index (κ3) is 4.61. The molecule has 1 fully saturated rings. The SMILES string of the molecule is CC(C)OCCC1CC(c2ccccc2)CCC1Br. The van der Waals surface area contributed by atoms with Crippen LogP contribution in [-0.2, 0) is 4.74 Å². The highest BCUT2D eigenvalue weighted by Gasteiger charge is 2.29. The van der Waals surface area contributed by atoms with Gasteiger partial charge in [0.05, 0.1) is 6.10 Å². The van der Waals surface area contributed by atoms with Crippen LogP contribution in [0.2, 0.25) is 0 Å². The van der Waals surface area contributed by atoms with E-state index in [1.165, 1.54) is 31.2 Å². The largest absolute Gasteiger partial charge is 0.379 e. The highest BCUT2D eigenvalue weighted by atomic mass is 79.9. The Kier molecular flexibility index (Phi) is 5.90. The monoisotopic (exact) mass is 324 g/mol. The minimum atomic E-state index is 0.349. The first-order valence-corrected chi connectivity index (χ1v) is 8.39. The van der Waals surface area contributed by atoms with Crippen molar-refractivity contribution in [3.8, 4) is 0 Å². The average Bonchev–Trinajstić information content (AvgIpc) is 2.41. The Morgan fingerprint density at radius 2 is 1.95 bits per heavy atom. The number of hydrogen-bond acceptors (Lipinski definition) is 1. The summed E-state index contributed by atoms with van der Waals surface area (Å²) in [4.78, 5) is 0.670. The molecule has 2 heteroatoms. The maximum absolute atomic E-state index is 5.71. The minimum absolute atomic E-state index is 0.349. The van der Waals surface area contributed by atoms with E-state index in [1.807, 2.05) is 0 Å². The predicted octanol–water partition coefficient (Wildman–Crippen LogP) is 5.15. The summed E-state index contributed by atoms with van der Waals surface area (Å²) in [5.41, 5.74) is 1.51. The molecule has 0 heterocycles. The number of benzene rings is 1. The van der Waals surface area contributed by atoms with Crippen LogP contribution < -0.4 is 0 Å². The first-order chi connectivity index (χ1) is 9.16. The molecule has 0 amide bonds. The Balaban J connectivity index is 1.89. The maximum atomic E-state index is 5.71. The number of rotatable bonds is 5. The number of alkyl halides is 1. The number of hydrogen-bond donors (Lipinski definition) is 0. The summed E-state index contributed by atoms with van der Waals surface area (Å²) in [6.07, 6.45) is 5.41. The Hall–Kier alpha value is -0.340. The van der Waals surface area contributed by atoms with E-state index in [4.69, 9.17) is 4.74 Å². The van der Waals surface area contributed by atoms with Crippen molar-refractivity contribution in [3.63, 3.8) is 0 Å². The number of ether oxygens (including phenoxy) is 1. The molecule has 106 valence electrons. The lowest BCUT2D eigenvalue weighted by molar-refractivity contribution is 0.0647. The van der Waals surface area contributed by atoms with Crippen molar-refractivity contribution in [1.82, 2.24) is 0 Å². The molecule has 19 heavy (non-hydrogen) atoms. The van der Waals surface area contributed by atoms with E-state index in [9.17, 15) is 0 Å². The van der Waals surface area contributed by atoms with Crippen LogP contribution in [0.4, 0.5) is 0 Å². The van der Waals surface area contributed by atoms with Crippen molar-refractivity contribution in [2.75, 3.05) is 6.61 Å². The molecule has 3 atom stereocenters. The molecule has 0 spiro atoms. The molecule has 0 N–H and O–H groups in total. The lowest BCUT2D eigenvalue weighted by atomic mass is 9.77. The van der Waals surface area contributed by atoms with Crippen molar-refractivity contribution in [2.24, 2.45) is 5.92 Å². The molecular weight excluding hydrogens is 300 g/mol. The van der Waals surface area contributed by atoms with Crippen LogP contribution >= 0.6 is 15.9 Å². The van der Waals surface area contributed by atoms with Gasteiger partial charge in [0.2, 0.25) is 0 Å². The number of halogens is 1. The summed E-state index contributed by atoms with van der Waals surface area (Å²) < 4.78 is 5.71. The highest BCUT2D eigenvalue weighted by Crippen LogP contribution is 2.40. The lowest BCUT2D eigenvalue weighted by Crippen LogP contribution is -2.25. The second-order valence-corrected chi connectivity index (χ2v) is 7.08. The van der Waals surface area contributed by atoms with Gasteiger partial charge in [0.25, 0.3) is 0 Å². The van der Waals surface area contributed by atoms with Gasteiger partial charge in [-0.05, 0) is 56.9 Å². The van der Waals surface area contributed by atoms with Gasteiger partial charge in [-0.25, -0.2) is 0 Å². The maximum Gasteiger partial charge on any atom is 0.0518 e. The second-order valence-electron chi connectivity index (χ2n) is 5.90. The summed E-state index contributed by atoms with van der Waals surface area (Å²) in [5, 5.41) is 0. The zero-order valence-corrected chi connectivity index (χ0v) is 13.6. The Bertz CT molecular complexity index is 363. The van der Waals surface area contributed by atoms with Gasteiger partial charge in [0, 0.05) is 11.4 Å². The molecule has 1 aromatic rings. The van der Waals surface area contributed by atoms with Gasteiger partial charge in [0.1, 0.15) is 0 Å². The van der Waals surface area contributed by atoms with Gasteiger partial charge in [-0.2, -0.15) is 0 Å². The van der Waals surface area contributed by atoms with E-state index in [2.05, 4.69) is 60.1 Å². The van der Waals surface area contributed by atoms with E-state index >= 15 is 0 Å². The predicted molar refractivity (Wildman–Crippen MR) is 84.9 cm³/mol. The van der Waals surface area contributed by atoms with Gasteiger partial charge < -0.3 is 4.74 Å². The first-order valence-electron chi connectivity index (χ1n) is 7.47. The van der Waals surface area contributed by atoms with Gasteiger partial charge in [-0.3, -0.25) is 0 Å². The average molecular weight is 325 g/mol. The zero-order chi connectivity index (χ0) is 13.7. The van der Waals surface area contributed by atoms with Crippen molar-refractivity contribution < 1.29 is 4.74 Å². The zero-order valence-electron chi connectivity index (χ0n) is 12.0. The molecular formula is C17H25BrO. The van der Waals surface area contributed by atoms with E-state index in [-0.39, 0.29) is 0 Å². The topological polar surface area (TPSA) is 9.23 Å². The second kappa shape index (κ2) is 7.44. The quantitative estimate of drug-likeness (QED) is 0.680. The summed E-state index contributed by atoms with van der Waals surface area (Å²) >= 11 is 3.87. The van der Waals surface area contributed by atoms with Crippen LogP contribution in [0.25, 0.3) is 0 Å². The van der Waals surface area contributed by atoms with Crippen LogP contribution in [0.3, 0.4) is 0 Å². The van der Waals surface area contributed by atoms with E-state index in [0.717, 1.165) is 18.4 Å². The summed E-state index contributed by atoms with van der Waals surface area (Å²) in [5.74, 6) is 1.48. The van der Waals surface area contributed by atoms with Gasteiger partial charge in [-0.15, -0.1) is 0 Å². The third-order valence-electron chi connectivity index (χ3n) is 4.10. The fourth-order valence-corrected chi connectivity index (χ4v) is 3.75. The fourth-order valence-electron chi connectivity index (χ4n) is 3.01. The highest BCUT2D eigenvalue weighted by molar-refractivity contribution is 9.09. The van der Waals surface area contributed by atoms with Crippen molar-refractivity contribution in [3.05, 3.63) is 35.9 Å². The molecule has 1 nitrogen and oxygen atoms in total.